The van der Waals surface area contributed by atoms with Crippen molar-refractivity contribution in [3.63, 3.8) is 0 Å². The van der Waals surface area contributed by atoms with Crippen LogP contribution in [0.2, 0.25) is 0 Å². The molecule has 21 heavy (non-hydrogen) atoms. The van der Waals surface area contributed by atoms with Crippen molar-refractivity contribution in [3.8, 4) is 5.75 Å². The first-order valence-electron chi connectivity index (χ1n) is 5.99. The molecule has 0 aliphatic carbocycles. The highest BCUT2D eigenvalue weighted by Gasteiger charge is 2.12. The quantitative estimate of drug-likeness (QED) is 0.907. The van der Waals surface area contributed by atoms with Gasteiger partial charge < -0.3 is 15.2 Å². The van der Waals surface area contributed by atoms with Gasteiger partial charge in [0.2, 0.25) is 0 Å². The molecule has 2 aromatic rings. The third kappa shape index (κ3) is 3.36. The molecule has 5 nitrogen and oxygen atoms in total. The summed E-state index contributed by atoms with van der Waals surface area (Å²) in [5, 5.41) is 11.2. The number of ether oxygens (including phenoxy) is 1. The smallest absolute Gasteiger partial charge is 0.335 e. The van der Waals surface area contributed by atoms with E-state index < -0.39 is 17.7 Å². The Balaban J connectivity index is 2.26. The summed E-state index contributed by atoms with van der Waals surface area (Å²) in [7, 11) is 1.47. The molecule has 0 fully saturated rings. The molecule has 2 aromatic carbocycles. The average Bonchev–Trinajstić information content (AvgIpc) is 2.49. The molecule has 108 valence electrons. The highest BCUT2D eigenvalue weighted by Crippen LogP contribution is 2.19. The second-order valence-corrected chi connectivity index (χ2v) is 4.19. The first-order valence-corrected chi connectivity index (χ1v) is 5.99. The number of hydrogen-bond donors (Lipinski definition) is 2. The van der Waals surface area contributed by atoms with Crippen LogP contribution in [0.1, 0.15) is 20.7 Å². The van der Waals surface area contributed by atoms with Crippen LogP contribution in [0.25, 0.3) is 0 Å². The number of benzene rings is 2. The van der Waals surface area contributed by atoms with Gasteiger partial charge in [-0.15, -0.1) is 0 Å². The molecule has 0 atom stereocenters. The zero-order valence-electron chi connectivity index (χ0n) is 11.1. The summed E-state index contributed by atoms with van der Waals surface area (Å²) in [5.41, 5.74) is -0.0328. The number of halogens is 1. The number of aromatic carboxylic acids is 1. The van der Waals surface area contributed by atoms with Crippen molar-refractivity contribution in [2.45, 2.75) is 0 Å². The summed E-state index contributed by atoms with van der Waals surface area (Å²) in [4.78, 5) is 22.9. The lowest BCUT2D eigenvalue weighted by Gasteiger charge is -2.08. The van der Waals surface area contributed by atoms with E-state index in [2.05, 4.69) is 5.32 Å². The Labute approximate surface area is 120 Å². The lowest BCUT2D eigenvalue weighted by molar-refractivity contribution is 0.0696. The maximum absolute atomic E-state index is 13.6. The van der Waals surface area contributed by atoms with Gasteiger partial charge in [-0.3, -0.25) is 4.79 Å². The predicted molar refractivity (Wildman–Crippen MR) is 74.3 cm³/mol. The van der Waals surface area contributed by atoms with Crippen molar-refractivity contribution in [2.75, 3.05) is 12.4 Å². The Bertz CT molecular complexity index is 700. The molecule has 0 unspecified atom stereocenters. The maximum Gasteiger partial charge on any atom is 0.335 e. The van der Waals surface area contributed by atoms with Crippen LogP contribution in [0.5, 0.6) is 5.75 Å². The van der Waals surface area contributed by atoms with Crippen molar-refractivity contribution in [1.29, 1.82) is 0 Å². The monoisotopic (exact) mass is 289 g/mol. The fourth-order valence-corrected chi connectivity index (χ4v) is 1.71. The number of carboxylic acids is 1. The van der Waals surface area contributed by atoms with Gasteiger partial charge in [-0.25, -0.2) is 9.18 Å². The number of methoxy groups -OCH3 is 1. The number of nitrogens with one attached hydrogen (secondary N) is 1. The van der Waals surface area contributed by atoms with Crippen LogP contribution in [0.3, 0.4) is 0 Å². The highest BCUT2D eigenvalue weighted by atomic mass is 19.1. The number of rotatable bonds is 4. The Morgan fingerprint density at radius 2 is 1.90 bits per heavy atom. The molecule has 0 aliphatic heterocycles. The van der Waals surface area contributed by atoms with Crippen molar-refractivity contribution >= 4 is 17.6 Å². The van der Waals surface area contributed by atoms with Gasteiger partial charge in [0, 0.05) is 5.56 Å². The van der Waals surface area contributed by atoms with Crippen molar-refractivity contribution in [1.82, 2.24) is 0 Å². The molecule has 0 aliphatic rings. The van der Waals surface area contributed by atoms with Gasteiger partial charge in [-0.05, 0) is 36.4 Å². The predicted octanol–water partition coefficient (Wildman–Crippen LogP) is 2.78. The van der Waals surface area contributed by atoms with E-state index in [1.807, 2.05) is 0 Å². The molecule has 0 heterocycles. The Morgan fingerprint density at radius 1 is 1.14 bits per heavy atom. The number of carbonyl (C=O) groups is 2. The minimum Gasteiger partial charge on any atom is -0.497 e. The van der Waals surface area contributed by atoms with Crippen LogP contribution < -0.4 is 10.1 Å². The molecule has 2 rings (SSSR count). The van der Waals surface area contributed by atoms with Crippen molar-refractivity contribution < 1.29 is 23.8 Å². The highest BCUT2D eigenvalue weighted by molar-refractivity contribution is 6.05. The van der Waals surface area contributed by atoms with E-state index in [1.165, 1.54) is 19.2 Å². The lowest BCUT2D eigenvalue weighted by Crippen LogP contribution is -2.13. The van der Waals surface area contributed by atoms with Crippen LogP contribution in [-0.2, 0) is 0 Å². The van der Waals surface area contributed by atoms with Gasteiger partial charge in [0.25, 0.3) is 5.91 Å². The van der Waals surface area contributed by atoms with Crippen LogP contribution in [-0.4, -0.2) is 24.1 Å². The van der Waals surface area contributed by atoms with Gasteiger partial charge in [-0.2, -0.15) is 0 Å². The van der Waals surface area contributed by atoms with Crippen molar-refractivity contribution in [2.24, 2.45) is 0 Å². The van der Waals surface area contributed by atoms with Gasteiger partial charge in [-0.1, -0.05) is 6.07 Å². The number of carboxylic acid groups (broad SMARTS) is 1. The minimum atomic E-state index is -1.20. The van der Waals surface area contributed by atoms with E-state index in [4.69, 9.17) is 9.84 Å². The molecular formula is C15H12FNO4. The fourth-order valence-electron chi connectivity index (χ4n) is 1.71. The van der Waals surface area contributed by atoms with Crippen molar-refractivity contribution in [3.05, 3.63) is 59.4 Å². The van der Waals surface area contributed by atoms with E-state index in [0.717, 1.165) is 18.2 Å². The summed E-state index contributed by atoms with van der Waals surface area (Å²) in [6.45, 7) is 0. The van der Waals surface area contributed by atoms with E-state index in [-0.39, 0.29) is 16.8 Å². The molecule has 0 saturated heterocycles. The lowest BCUT2D eigenvalue weighted by atomic mass is 10.1. The number of carbonyl (C=O) groups excluding carboxylic acids is 1. The third-order valence-electron chi connectivity index (χ3n) is 2.79. The zero-order chi connectivity index (χ0) is 15.4. The van der Waals surface area contributed by atoms with E-state index in [0.29, 0.717) is 5.75 Å². The molecule has 0 spiro atoms. The second kappa shape index (κ2) is 6.04. The second-order valence-electron chi connectivity index (χ2n) is 4.19. The molecule has 0 bridgehead atoms. The summed E-state index contributed by atoms with van der Waals surface area (Å²) < 4.78 is 18.6. The summed E-state index contributed by atoms with van der Waals surface area (Å²) in [6.07, 6.45) is 0. The standard InChI is InChI=1S/C15H12FNO4/c1-21-11-4-2-3-9(7-11)14(18)17-13-8-10(15(19)20)5-6-12(13)16/h2-8H,1H3,(H,17,18)(H,19,20). The SMILES string of the molecule is COc1cccc(C(=O)Nc2cc(C(=O)O)ccc2F)c1. The summed E-state index contributed by atoms with van der Waals surface area (Å²) >= 11 is 0. The molecule has 6 heteroatoms. The van der Waals surface area contributed by atoms with E-state index in [9.17, 15) is 14.0 Å². The first kappa shape index (κ1) is 14.5. The van der Waals surface area contributed by atoms with E-state index >= 15 is 0 Å². The Morgan fingerprint density at radius 3 is 2.57 bits per heavy atom. The van der Waals surface area contributed by atoms with Crippen LogP contribution in [0, 0.1) is 5.82 Å². The summed E-state index contributed by atoms with van der Waals surface area (Å²) in [5.74, 6) is -1.99. The van der Waals surface area contributed by atoms with Crippen LogP contribution in [0.15, 0.2) is 42.5 Å². The van der Waals surface area contributed by atoms with Gasteiger partial charge in [0.05, 0.1) is 18.4 Å². The maximum atomic E-state index is 13.6. The van der Waals surface area contributed by atoms with Gasteiger partial charge in [0.15, 0.2) is 0 Å². The van der Waals surface area contributed by atoms with Crippen LogP contribution >= 0.6 is 0 Å². The van der Waals surface area contributed by atoms with Gasteiger partial charge in [0.1, 0.15) is 11.6 Å². The van der Waals surface area contributed by atoms with Crippen LogP contribution in [0.4, 0.5) is 10.1 Å². The molecular weight excluding hydrogens is 277 g/mol. The Kier molecular flexibility index (Phi) is 4.18. The number of amides is 1. The number of hydrogen-bond acceptors (Lipinski definition) is 3. The Hall–Kier alpha value is -2.89. The fraction of sp³-hybridized carbons (Fsp3) is 0.0667. The first-order chi connectivity index (χ1) is 10.0. The normalized spacial score (nSPS) is 10.0. The molecule has 1 amide bonds. The van der Waals surface area contributed by atoms with E-state index in [1.54, 1.807) is 12.1 Å². The molecule has 0 aromatic heterocycles. The number of anilines is 1. The van der Waals surface area contributed by atoms with Gasteiger partial charge >= 0.3 is 5.97 Å². The third-order valence-corrected chi connectivity index (χ3v) is 2.79. The average molecular weight is 289 g/mol. The molecule has 2 N–H and O–H groups in total. The molecule has 0 radical (unpaired) electrons. The zero-order valence-corrected chi connectivity index (χ0v) is 11.1. The topological polar surface area (TPSA) is 75.6 Å². The molecule has 0 saturated carbocycles. The largest absolute Gasteiger partial charge is 0.497 e. The minimum absolute atomic E-state index is 0.114. The summed E-state index contributed by atoms with van der Waals surface area (Å²) in [6, 6.07) is 9.50.